The molecule has 3 aromatic heterocycles. The number of nitrogens with zero attached hydrogens (tertiary/aromatic N) is 6. The Morgan fingerprint density at radius 1 is 1.06 bits per heavy atom. The summed E-state index contributed by atoms with van der Waals surface area (Å²) in [5.41, 5.74) is 2.80. The van der Waals surface area contributed by atoms with Crippen LogP contribution >= 0.6 is 0 Å². The monoisotopic (exact) mass is 421 g/mol. The normalized spacial score (nSPS) is 14.1. The van der Waals surface area contributed by atoms with Gasteiger partial charge >= 0.3 is 0 Å². The van der Waals surface area contributed by atoms with Gasteiger partial charge in [0, 0.05) is 44.0 Å². The smallest absolute Gasteiger partial charge is 0.227 e. The third kappa shape index (κ3) is 4.82. The Kier molecular flexibility index (Phi) is 5.83. The first-order valence-electron chi connectivity index (χ1n) is 10.4. The van der Waals surface area contributed by atoms with Crippen LogP contribution in [0.2, 0.25) is 0 Å². The molecule has 0 spiro atoms. The highest BCUT2D eigenvalue weighted by Crippen LogP contribution is 2.21. The van der Waals surface area contributed by atoms with Gasteiger partial charge in [-0.2, -0.15) is 0 Å². The number of aryl methyl sites for hydroxylation is 4. The maximum absolute atomic E-state index is 12.7. The molecular formula is C22H27N7O2. The van der Waals surface area contributed by atoms with Gasteiger partial charge in [-0.05, 0) is 45.4 Å². The van der Waals surface area contributed by atoms with Crippen LogP contribution in [0, 0.1) is 27.7 Å². The highest BCUT2D eigenvalue weighted by atomic mass is 16.5. The third-order valence-corrected chi connectivity index (χ3v) is 5.46. The molecule has 0 bridgehead atoms. The molecule has 9 heteroatoms. The van der Waals surface area contributed by atoms with Gasteiger partial charge in [0.15, 0.2) is 0 Å². The summed E-state index contributed by atoms with van der Waals surface area (Å²) in [6.07, 6.45) is 2.09. The van der Waals surface area contributed by atoms with E-state index in [0.717, 1.165) is 28.5 Å². The quantitative estimate of drug-likeness (QED) is 0.671. The first kappa shape index (κ1) is 20.8. The Morgan fingerprint density at radius 2 is 1.84 bits per heavy atom. The first-order valence-corrected chi connectivity index (χ1v) is 10.4. The summed E-state index contributed by atoms with van der Waals surface area (Å²) in [5, 5.41) is 7.20. The molecule has 4 heterocycles. The van der Waals surface area contributed by atoms with Crippen LogP contribution in [0.15, 0.2) is 28.9 Å². The number of carbonyl (C=O) groups is 1. The second-order valence-electron chi connectivity index (χ2n) is 7.85. The highest BCUT2D eigenvalue weighted by molar-refractivity contribution is 5.79. The highest BCUT2D eigenvalue weighted by Gasteiger charge is 2.24. The average Bonchev–Trinajstić information content (AvgIpc) is 3.05. The molecule has 0 radical (unpaired) electrons. The van der Waals surface area contributed by atoms with Crippen molar-refractivity contribution >= 4 is 23.4 Å². The largest absolute Gasteiger partial charge is 0.361 e. The molecule has 4 rings (SSSR count). The van der Waals surface area contributed by atoms with E-state index < -0.39 is 0 Å². The molecule has 162 valence electrons. The number of rotatable bonds is 5. The maximum atomic E-state index is 12.7. The number of nitrogens with one attached hydrogen (secondary N) is 1. The van der Waals surface area contributed by atoms with Crippen LogP contribution < -0.4 is 10.2 Å². The molecule has 1 amide bonds. The summed E-state index contributed by atoms with van der Waals surface area (Å²) in [6, 6.07) is 5.85. The van der Waals surface area contributed by atoms with E-state index >= 15 is 0 Å². The zero-order chi connectivity index (χ0) is 22.0. The minimum absolute atomic E-state index is 0.0980. The van der Waals surface area contributed by atoms with E-state index in [1.807, 2.05) is 50.8 Å². The Bertz CT molecular complexity index is 1070. The number of aromatic nitrogens is 4. The molecule has 1 fully saturated rings. The van der Waals surface area contributed by atoms with Crippen LogP contribution in [0.1, 0.15) is 28.4 Å². The fourth-order valence-electron chi connectivity index (χ4n) is 3.72. The summed E-state index contributed by atoms with van der Waals surface area (Å²) in [4.78, 5) is 30.3. The lowest BCUT2D eigenvalue weighted by molar-refractivity contribution is -0.130. The fourth-order valence-corrected chi connectivity index (χ4v) is 3.72. The minimum Gasteiger partial charge on any atom is -0.361 e. The molecular weight excluding hydrogens is 394 g/mol. The van der Waals surface area contributed by atoms with Gasteiger partial charge in [-0.3, -0.25) is 4.79 Å². The summed E-state index contributed by atoms with van der Waals surface area (Å²) >= 11 is 0. The van der Waals surface area contributed by atoms with Crippen LogP contribution in [0.3, 0.4) is 0 Å². The van der Waals surface area contributed by atoms with Gasteiger partial charge in [0.1, 0.15) is 29.0 Å². The van der Waals surface area contributed by atoms with Crippen LogP contribution in [0.4, 0.5) is 17.5 Å². The second-order valence-corrected chi connectivity index (χ2v) is 7.85. The van der Waals surface area contributed by atoms with Crippen molar-refractivity contribution in [3.63, 3.8) is 0 Å². The van der Waals surface area contributed by atoms with E-state index in [1.165, 1.54) is 0 Å². The van der Waals surface area contributed by atoms with Gasteiger partial charge < -0.3 is 19.6 Å². The van der Waals surface area contributed by atoms with Crippen LogP contribution in [-0.2, 0) is 11.2 Å². The van der Waals surface area contributed by atoms with Gasteiger partial charge in [-0.15, -0.1) is 0 Å². The molecule has 0 saturated carbocycles. The van der Waals surface area contributed by atoms with Gasteiger partial charge in [0.2, 0.25) is 5.91 Å². The van der Waals surface area contributed by atoms with Crippen molar-refractivity contribution in [1.29, 1.82) is 0 Å². The summed E-state index contributed by atoms with van der Waals surface area (Å²) < 4.78 is 5.18. The van der Waals surface area contributed by atoms with Crippen LogP contribution in [0.5, 0.6) is 0 Å². The molecule has 1 N–H and O–H groups in total. The first-order chi connectivity index (χ1) is 14.9. The number of carbonyl (C=O) groups excluding carboxylic acids is 1. The second kappa shape index (κ2) is 8.71. The van der Waals surface area contributed by atoms with Gasteiger partial charge in [0.05, 0.1) is 12.1 Å². The lowest BCUT2D eigenvalue weighted by Gasteiger charge is -2.35. The summed E-state index contributed by atoms with van der Waals surface area (Å²) in [7, 11) is 0. The lowest BCUT2D eigenvalue weighted by atomic mass is 10.1. The van der Waals surface area contributed by atoms with E-state index in [-0.39, 0.29) is 5.91 Å². The average molecular weight is 422 g/mol. The summed E-state index contributed by atoms with van der Waals surface area (Å²) in [5.74, 6) is 3.80. The Morgan fingerprint density at radius 3 is 2.52 bits per heavy atom. The molecule has 3 aromatic rings. The number of pyridine rings is 1. The molecule has 31 heavy (non-hydrogen) atoms. The predicted molar refractivity (Wildman–Crippen MR) is 117 cm³/mol. The zero-order valence-corrected chi connectivity index (χ0v) is 18.3. The van der Waals surface area contributed by atoms with Crippen molar-refractivity contribution in [2.24, 2.45) is 0 Å². The van der Waals surface area contributed by atoms with E-state index in [2.05, 4.69) is 30.3 Å². The van der Waals surface area contributed by atoms with Crippen molar-refractivity contribution < 1.29 is 9.32 Å². The lowest BCUT2D eigenvalue weighted by Crippen LogP contribution is -2.49. The minimum atomic E-state index is 0.0980. The number of hydrogen-bond acceptors (Lipinski definition) is 8. The molecule has 0 unspecified atom stereocenters. The maximum Gasteiger partial charge on any atom is 0.227 e. The molecule has 1 aliphatic heterocycles. The topological polar surface area (TPSA) is 100 Å². The van der Waals surface area contributed by atoms with E-state index in [1.54, 1.807) is 6.20 Å². The Hall–Kier alpha value is -3.49. The molecule has 1 saturated heterocycles. The van der Waals surface area contributed by atoms with E-state index in [4.69, 9.17) is 4.52 Å². The zero-order valence-electron chi connectivity index (χ0n) is 18.3. The number of anilines is 3. The molecule has 0 aliphatic carbocycles. The van der Waals surface area contributed by atoms with Gasteiger partial charge in [-0.25, -0.2) is 15.0 Å². The van der Waals surface area contributed by atoms with Crippen molar-refractivity contribution in [2.75, 3.05) is 36.4 Å². The predicted octanol–water partition coefficient (Wildman–Crippen LogP) is 2.73. The molecule has 0 atom stereocenters. The van der Waals surface area contributed by atoms with Crippen molar-refractivity contribution in [2.45, 2.75) is 34.1 Å². The van der Waals surface area contributed by atoms with E-state index in [9.17, 15) is 4.79 Å². The van der Waals surface area contributed by atoms with Crippen molar-refractivity contribution in [3.05, 3.63) is 52.8 Å². The van der Waals surface area contributed by atoms with Crippen LogP contribution in [-0.4, -0.2) is 57.1 Å². The molecule has 1 aliphatic rings. The van der Waals surface area contributed by atoms with Gasteiger partial charge in [0.25, 0.3) is 0 Å². The van der Waals surface area contributed by atoms with Gasteiger partial charge in [-0.1, -0.05) is 5.16 Å². The number of amides is 1. The molecule has 9 nitrogen and oxygen atoms in total. The van der Waals surface area contributed by atoms with Crippen molar-refractivity contribution in [3.8, 4) is 0 Å². The standard InChI is InChI=1S/C22H27N7O2/c1-14-5-6-23-19(11-14)26-20-13-21(25-17(4)24-20)28-7-9-29(10-8-28)22(30)12-18-15(2)27-31-16(18)3/h5-6,11,13H,7-10,12H2,1-4H3,(H,23,24,25,26). The van der Waals surface area contributed by atoms with E-state index in [0.29, 0.717) is 50.0 Å². The number of piperazine rings is 1. The number of hydrogen-bond donors (Lipinski definition) is 1. The Labute approximate surface area is 181 Å². The Balaban J connectivity index is 1.40. The SMILES string of the molecule is Cc1ccnc(Nc2cc(N3CCN(C(=O)Cc4c(C)noc4C)CC3)nc(C)n2)c1. The third-order valence-electron chi connectivity index (χ3n) is 5.46. The summed E-state index contributed by atoms with van der Waals surface area (Å²) in [6.45, 7) is 10.3. The van der Waals surface area contributed by atoms with Crippen molar-refractivity contribution in [1.82, 2.24) is 25.0 Å². The van der Waals surface area contributed by atoms with Crippen LogP contribution in [0.25, 0.3) is 0 Å². The fraction of sp³-hybridized carbons (Fsp3) is 0.409. The molecule has 0 aromatic carbocycles.